The minimum Gasteiger partial charge on any atom is -0.465 e. The van der Waals surface area contributed by atoms with Crippen molar-refractivity contribution in [2.45, 2.75) is 64.5 Å². The third kappa shape index (κ3) is 7.50. The molecule has 0 saturated carbocycles. The smallest absolute Gasteiger partial charge is 0.309 e. The first-order valence-corrected chi connectivity index (χ1v) is 8.86. The molecule has 1 rings (SSSR count). The van der Waals surface area contributed by atoms with Gasteiger partial charge in [-0.2, -0.15) is 0 Å². The third-order valence-electron chi connectivity index (χ3n) is 3.14. The van der Waals surface area contributed by atoms with Gasteiger partial charge in [-0.15, -0.1) is 5.10 Å². The molecule has 0 aliphatic carbocycles. The summed E-state index contributed by atoms with van der Waals surface area (Å²) >= 11 is 1.50. The van der Waals surface area contributed by atoms with Crippen LogP contribution in [0.1, 0.15) is 58.7 Å². The summed E-state index contributed by atoms with van der Waals surface area (Å²) in [7, 11) is 0. The Kier molecular flexibility index (Phi) is 9.14. The Balaban J connectivity index is 2.26. The number of esters is 1. The minimum absolute atomic E-state index is 0.130. The molecule has 1 unspecified atom stereocenters. The zero-order valence-electron chi connectivity index (χ0n) is 13.4. The molecule has 0 aliphatic rings. The van der Waals surface area contributed by atoms with Crippen molar-refractivity contribution in [2.75, 3.05) is 12.4 Å². The predicted octanol–water partition coefficient (Wildman–Crippen LogP) is 3.61. The van der Waals surface area contributed by atoms with Crippen molar-refractivity contribution in [1.29, 1.82) is 0 Å². The summed E-state index contributed by atoms with van der Waals surface area (Å²) in [4.78, 5) is 16.2. The summed E-state index contributed by atoms with van der Waals surface area (Å²) in [6.07, 6.45) is 6.45. The molecule has 120 valence electrons. The number of nitrogens with one attached hydrogen (secondary N) is 1. The van der Waals surface area contributed by atoms with E-state index in [1.165, 1.54) is 24.6 Å². The van der Waals surface area contributed by atoms with E-state index in [1.807, 2.05) is 6.92 Å². The van der Waals surface area contributed by atoms with Crippen LogP contribution in [-0.4, -0.2) is 33.5 Å². The molecule has 0 aliphatic heterocycles. The van der Waals surface area contributed by atoms with Gasteiger partial charge in [0.05, 0.1) is 12.5 Å². The van der Waals surface area contributed by atoms with Gasteiger partial charge in [-0.3, -0.25) is 9.89 Å². The molecule has 21 heavy (non-hydrogen) atoms. The molecule has 5 nitrogen and oxygen atoms in total. The van der Waals surface area contributed by atoms with Gasteiger partial charge in [0.1, 0.15) is 5.82 Å². The molecule has 0 spiro atoms. The van der Waals surface area contributed by atoms with Crippen LogP contribution in [0.15, 0.2) is 5.16 Å². The van der Waals surface area contributed by atoms with E-state index in [4.69, 9.17) is 4.74 Å². The van der Waals surface area contributed by atoms with E-state index in [-0.39, 0.29) is 11.9 Å². The maximum Gasteiger partial charge on any atom is 0.309 e. The van der Waals surface area contributed by atoms with Crippen LogP contribution >= 0.6 is 11.8 Å². The van der Waals surface area contributed by atoms with E-state index < -0.39 is 0 Å². The van der Waals surface area contributed by atoms with Gasteiger partial charge in [-0.05, 0) is 12.8 Å². The number of carbonyl (C=O) groups excluding carboxylic acids is 1. The Morgan fingerprint density at radius 2 is 2.05 bits per heavy atom. The van der Waals surface area contributed by atoms with Gasteiger partial charge in [0, 0.05) is 12.2 Å². The average Bonchev–Trinajstić information content (AvgIpc) is 2.93. The number of H-pyrrole nitrogens is 1. The zero-order valence-corrected chi connectivity index (χ0v) is 14.2. The SMILES string of the molecule is CCCCCc1nc(SCC(C)C(=O)OCCCC)n[nH]1. The Morgan fingerprint density at radius 3 is 2.76 bits per heavy atom. The molecule has 0 saturated heterocycles. The number of ether oxygens (including phenoxy) is 1. The normalized spacial score (nSPS) is 12.3. The number of aryl methyl sites for hydroxylation is 1. The van der Waals surface area contributed by atoms with Gasteiger partial charge in [-0.1, -0.05) is 51.8 Å². The summed E-state index contributed by atoms with van der Waals surface area (Å²) < 4.78 is 5.20. The van der Waals surface area contributed by atoms with Crippen molar-refractivity contribution in [1.82, 2.24) is 15.2 Å². The van der Waals surface area contributed by atoms with E-state index >= 15 is 0 Å². The lowest BCUT2D eigenvalue weighted by Crippen LogP contribution is -2.17. The fourth-order valence-corrected chi connectivity index (χ4v) is 2.54. The van der Waals surface area contributed by atoms with Crippen LogP contribution in [0, 0.1) is 5.92 Å². The lowest BCUT2D eigenvalue weighted by Gasteiger charge is -2.09. The minimum atomic E-state index is -0.131. The zero-order chi connectivity index (χ0) is 15.5. The molecule has 0 radical (unpaired) electrons. The van der Waals surface area contributed by atoms with E-state index in [0.717, 1.165) is 36.7 Å². The number of nitrogens with zero attached hydrogens (tertiary/aromatic N) is 2. The van der Waals surface area contributed by atoms with Gasteiger partial charge in [0.15, 0.2) is 0 Å². The lowest BCUT2D eigenvalue weighted by atomic mass is 10.2. The van der Waals surface area contributed by atoms with Crippen LogP contribution in [0.4, 0.5) is 0 Å². The Bertz CT molecular complexity index is 409. The van der Waals surface area contributed by atoms with Crippen LogP contribution in [0.5, 0.6) is 0 Å². The van der Waals surface area contributed by atoms with E-state index in [9.17, 15) is 4.79 Å². The molecule has 6 heteroatoms. The highest BCUT2D eigenvalue weighted by atomic mass is 32.2. The standard InChI is InChI=1S/C15H27N3O2S/c1-4-6-8-9-13-16-15(18-17-13)21-11-12(3)14(19)20-10-7-5-2/h12H,4-11H2,1-3H3,(H,16,17,18). The van der Waals surface area contributed by atoms with Crippen molar-refractivity contribution in [3.8, 4) is 0 Å². The van der Waals surface area contributed by atoms with Gasteiger partial charge in [0.2, 0.25) is 5.16 Å². The molecule has 0 amide bonds. The third-order valence-corrected chi connectivity index (χ3v) is 4.24. The molecule has 1 N–H and O–H groups in total. The van der Waals surface area contributed by atoms with Gasteiger partial charge in [0.25, 0.3) is 0 Å². The number of thioether (sulfide) groups is 1. The van der Waals surface area contributed by atoms with Gasteiger partial charge in [-0.25, -0.2) is 4.98 Å². The Morgan fingerprint density at radius 1 is 1.29 bits per heavy atom. The van der Waals surface area contributed by atoms with Crippen molar-refractivity contribution in [3.05, 3.63) is 5.82 Å². The summed E-state index contributed by atoms with van der Waals surface area (Å²) in [5.41, 5.74) is 0. The average molecular weight is 313 g/mol. The summed E-state index contributed by atoms with van der Waals surface area (Å²) in [5, 5.41) is 7.86. The number of hydrogen-bond acceptors (Lipinski definition) is 5. The maximum absolute atomic E-state index is 11.7. The quantitative estimate of drug-likeness (QED) is 0.384. The maximum atomic E-state index is 11.7. The second-order valence-electron chi connectivity index (χ2n) is 5.25. The summed E-state index contributed by atoms with van der Waals surface area (Å²) in [5.74, 6) is 1.32. The molecule has 1 aromatic heterocycles. The summed E-state index contributed by atoms with van der Waals surface area (Å²) in [6, 6.07) is 0. The van der Waals surface area contributed by atoms with E-state index in [2.05, 4.69) is 29.0 Å². The second kappa shape index (κ2) is 10.7. The fourth-order valence-electron chi connectivity index (χ4n) is 1.72. The second-order valence-corrected chi connectivity index (χ2v) is 6.24. The van der Waals surface area contributed by atoms with E-state index in [1.54, 1.807) is 0 Å². The molecule has 0 aromatic carbocycles. The van der Waals surface area contributed by atoms with Gasteiger partial charge >= 0.3 is 5.97 Å². The molecule has 1 heterocycles. The predicted molar refractivity (Wildman–Crippen MR) is 85.4 cm³/mol. The lowest BCUT2D eigenvalue weighted by molar-refractivity contribution is -0.147. The molecule has 0 fully saturated rings. The molecule has 1 atom stereocenters. The van der Waals surface area contributed by atoms with Crippen molar-refractivity contribution >= 4 is 17.7 Å². The Labute approximate surface area is 131 Å². The number of carbonyl (C=O) groups is 1. The van der Waals surface area contributed by atoms with Crippen molar-refractivity contribution in [2.24, 2.45) is 5.92 Å². The highest BCUT2D eigenvalue weighted by molar-refractivity contribution is 7.99. The van der Waals surface area contributed by atoms with Crippen LogP contribution in [0.3, 0.4) is 0 Å². The first-order valence-electron chi connectivity index (χ1n) is 7.88. The topological polar surface area (TPSA) is 67.9 Å². The van der Waals surface area contributed by atoms with Crippen molar-refractivity contribution in [3.63, 3.8) is 0 Å². The van der Waals surface area contributed by atoms with Crippen LogP contribution < -0.4 is 0 Å². The molecular weight excluding hydrogens is 286 g/mol. The molecule has 1 aromatic rings. The molecular formula is C15H27N3O2S. The number of hydrogen-bond donors (Lipinski definition) is 1. The van der Waals surface area contributed by atoms with Crippen molar-refractivity contribution < 1.29 is 9.53 Å². The first-order chi connectivity index (χ1) is 10.2. The molecule has 0 bridgehead atoms. The van der Waals surface area contributed by atoms with Crippen LogP contribution in [0.25, 0.3) is 0 Å². The summed E-state index contributed by atoms with van der Waals surface area (Å²) in [6.45, 7) is 6.67. The number of rotatable bonds is 11. The Hall–Kier alpha value is -1.04. The number of unbranched alkanes of at least 4 members (excludes halogenated alkanes) is 3. The number of aromatic amines is 1. The highest BCUT2D eigenvalue weighted by Crippen LogP contribution is 2.18. The van der Waals surface area contributed by atoms with Gasteiger partial charge < -0.3 is 4.74 Å². The monoisotopic (exact) mass is 313 g/mol. The first kappa shape index (κ1) is 18.0. The largest absolute Gasteiger partial charge is 0.465 e. The fraction of sp³-hybridized carbons (Fsp3) is 0.800. The van der Waals surface area contributed by atoms with E-state index in [0.29, 0.717) is 12.4 Å². The van der Waals surface area contributed by atoms with Crippen LogP contribution in [0.2, 0.25) is 0 Å². The van der Waals surface area contributed by atoms with Crippen LogP contribution in [-0.2, 0) is 16.0 Å². The number of aromatic nitrogens is 3. The highest BCUT2D eigenvalue weighted by Gasteiger charge is 2.16.